The second kappa shape index (κ2) is 8.96. The van der Waals surface area contributed by atoms with Crippen LogP contribution < -0.4 is 10.6 Å². The second-order valence-corrected chi connectivity index (χ2v) is 11.4. The van der Waals surface area contributed by atoms with Crippen LogP contribution in [0.15, 0.2) is 30.3 Å². The Kier molecular flexibility index (Phi) is 6.50. The van der Waals surface area contributed by atoms with Crippen LogP contribution in [0.3, 0.4) is 0 Å². The molecule has 2 bridgehead atoms. The van der Waals surface area contributed by atoms with E-state index in [2.05, 4.69) is 10.6 Å². The Morgan fingerprint density at radius 2 is 1.88 bits per heavy atom. The number of hydrogen-bond acceptors (Lipinski definition) is 5. The molecule has 1 aromatic carbocycles. The Bertz CT molecular complexity index is 944. The van der Waals surface area contributed by atoms with Gasteiger partial charge in [-0.05, 0) is 58.1 Å². The van der Waals surface area contributed by atoms with E-state index >= 15 is 0 Å². The maximum absolute atomic E-state index is 14.0. The van der Waals surface area contributed by atoms with Gasteiger partial charge in [0.1, 0.15) is 11.6 Å². The number of fused-ring (bicyclic) bond motifs is 1. The highest BCUT2D eigenvalue weighted by atomic mass is 16.5. The van der Waals surface area contributed by atoms with Crippen LogP contribution in [-0.2, 0) is 19.1 Å². The van der Waals surface area contributed by atoms with Gasteiger partial charge in [-0.1, -0.05) is 32.0 Å². The first-order valence-electron chi connectivity index (χ1n) is 12.3. The standard InChI is InChI=1S/C26H37N3O5/c1-15(2)13-17(14-30)29-21(23(32)28-25(3,4)5)26-12-11-18(34-26)19(20(26)24(29)33)22(31)27-16-9-7-6-8-10-16/h6-10,15,17-21,30H,11-14H2,1-5H3,(H,27,31)(H,28,32)/t17-,18+,19-,20+,21?,26?/m1/s1. The fourth-order valence-electron chi connectivity index (χ4n) is 6.09. The molecule has 4 rings (SSSR count). The van der Waals surface area contributed by atoms with Gasteiger partial charge in [0.2, 0.25) is 17.7 Å². The lowest BCUT2D eigenvalue weighted by molar-refractivity contribution is -0.146. The highest BCUT2D eigenvalue weighted by molar-refractivity contribution is 6.02. The summed E-state index contributed by atoms with van der Waals surface area (Å²) in [4.78, 5) is 42.6. The number of aliphatic hydroxyl groups excluding tert-OH is 1. The van der Waals surface area contributed by atoms with Crippen molar-refractivity contribution < 1.29 is 24.2 Å². The summed E-state index contributed by atoms with van der Waals surface area (Å²) in [7, 11) is 0. The first-order chi connectivity index (χ1) is 16.0. The van der Waals surface area contributed by atoms with Crippen molar-refractivity contribution in [3.8, 4) is 0 Å². The SMILES string of the molecule is CC(C)C[C@H](CO)N1C(=O)[C@@H]2[C@H](C(=O)Nc3ccccc3)[C@@H]3CCC2(O3)C1C(=O)NC(C)(C)C. The molecule has 3 aliphatic heterocycles. The van der Waals surface area contributed by atoms with E-state index in [1.807, 2.05) is 52.8 Å². The lowest BCUT2D eigenvalue weighted by Gasteiger charge is -2.38. The number of likely N-dealkylation sites (tertiary alicyclic amines) is 1. The minimum atomic E-state index is -1.07. The average Bonchev–Trinajstić information content (AvgIpc) is 3.38. The Labute approximate surface area is 201 Å². The molecule has 3 saturated heterocycles. The Morgan fingerprint density at radius 1 is 1.21 bits per heavy atom. The molecule has 3 fully saturated rings. The van der Waals surface area contributed by atoms with E-state index in [1.165, 1.54) is 4.90 Å². The fraction of sp³-hybridized carbons (Fsp3) is 0.654. The molecule has 1 spiro atoms. The van der Waals surface area contributed by atoms with Crippen molar-refractivity contribution in [3.05, 3.63) is 30.3 Å². The van der Waals surface area contributed by atoms with Crippen molar-refractivity contribution >= 4 is 23.4 Å². The fourth-order valence-corrected chi connectivity index (χ4v) is 6.09. The molecule has 186 valence electrons. The molecular formula is C26H37N3O5. The molecule has 0 aliphatic carbocycles. The predicted molar refractivity (Wildman–Crippen MR) is 128 cm³/mol. The van der Waals surface area contributed by atoms with Crippen LogP contribution in [-0.4, -0.2) is 63.7 Å². The second-order valence-electron chi connectivity index (χ2n) is 11.4. The van der Waals surface area contributed by atoms with Gasteiger partial charge in [0.05, 0.1) is 30.6 Å². The van der Waals surface area contributed by atoms with E-state index in [1.54, 1.807) is 12.1 Å². The van der Waals surface area contributed by atoms with Crippen LogP contribution in [0.5, 0.6) is 0 Å². The number of nitrogens with one attached hydrogen (secondary N) is 2. The van der Waals surface area contributed by atoms with Crippen LogP contribution in [0.25, 0.3) is 0 Å². The number of carbonyl (C=O) groups excluding carboxylic acids is 3. The molecule has 8 heteroatoms. The lowest BCUT2D eigenvalue weighted by atomic mass is 9.70. The zero-order valence-electron chi connectivity index (χ0n) is 20.7. The molecule has 6 atom stereocenters. The van der Waals surface area contributed by atoms with E-state index < -0.39 is 41.2 Å². The van der Waals surface area contributed by atoms with E-state index in [9.17, 15) is 19.5 Å². The summed E-state index contributed by atoms with van der Waals surface area (Å²) in [6.45, 7) is 9.46. The average molecular weight is 472 g/mol. The first-order valence-corrected chi connectivity index (χ1v) is 12.3. The quantitative estimate of drug-likeness (QED) is 0.566. The number of para-hydroxylation sites is 1. The van der Waals surface area contributed by atoms with Crippen LogP contribution in [0.2, 0.25) is 0 Å². The molecule has 0 aromatic heterocycles. The van der Waals surface area contributed by atoms with E-state index in [0.29, 0.717) is 24.9 Å². The Morgan fingerprint density at radius 3 is 2.47 bits per heavy atom. The minimum Gasteiger partial charge on any atom is -0.394 e. The topological polar surface area (TPSA) is 108 Å². The van der Waals surface area contributed by atoms with E-state index in [-0.39, 0.29) is 30.2 Å². The summed E-state index contributed by atoms with van der Waals surface area (Å²) in [6, 6.07) is 7.72. The number of hydrogen-bond donors (Lipinski definition) is 3. The normalized spacial score (nSPS) is 31.0. The summed E-state index contributed by atoms with van der Waals surface area (Å²) >= 11 is 0. The Hall–Kier alpha value is -2.45. The maximum Gasteiger partial charge on any atom is 0.246 e. The number of anilines is 1. The van der Waals surface area contributed by atoms with Gasteiger partial charge in [-0.2, -0.15) is 0 Å². The third-order valence-corrected chi connectivity index (χ3v) is 7.18. The number of amides is 3. The van der Waals surface area contributed by atoms with Crippen LogP contribution in [0, 0.1) is 17.8 Å². The largest absolute Gasteiger partial charge is 0.394 e. The summed E-state index contributed by atoms with van der Waals surface area (Å²) in [5.41, 5.74) is -0.921. The molecule has 8 nitrogen and oxygen atoms in total. The molecule has 3 amide bonds. The van der Waals surface area contributed by atoms with Gasteiger partial charge in [-0.25, -0.2) is 0 Å². The zero-order valence-corrected chi connectivity index (χ0v) is 20.7. The molecule has 1 aromatic rings. The number of carbonyl (C=O) groups is 3. The van der Waals surface area contributed by atoms with Crippen LogP contribution in [0.4, 0.5) is 5.69 Å². The summed E-state index contributed by atoms with van der Waals surface area (Å²) in [6.07, 6.45) is 1.27. The molecule has 3 aliphatic rings. The highest BCUT2D eigenvalue weighted by Crippen LogP contribution is 2.59. The van der Waals surface area contributed by atoms with Crippen LogP contribution in [0.1, 0.15) is 53.9 Å². The smallest absolute Gasteiger partial charge is 0.246 e. The number of rotatable bonds is 7. The van der Waals surface area contributed by atoms with Crippen molar-refractivity contribution in [1.82, 2.24) is 10.2 Å². The molecule has 2 unspecified atom stereocenters. The predicted octanol–water partition coefficient (Wildman–Crippen LogP) is 2.32. The highest BCUT2D eigenvalue weighted by Gasteiger charge is 2.75. The molecule has 0 radical (unpaired) electrons. The lowest BCUT2D eigenvalue weighted by Crippen LogP contribution is -2.60. The van der Waals surface area contributed by atoms with Crippen molar-refractivity contribution in [3.63, 3.8) is 0 Å². The third kappa shape index (κ3) is 4.22. The molecule has 3 N–H and O–H groups in total. The van der Waals surface area contributed by atoms with Crippen molar-refractivity contribution in [2.75, 3.05) is 11.9 Å². The van der Waals surface area contributed by atoms with Gasteiger partial charge in [0.15, 0.2) is 0 Å². The van der Waals surface area contributed by atoms with Gasteiger partial charge in [-0.15, -0.1) is 0 Å². The van der Waals surface area contributed by atoms with E-state index in [0.717, 1.165) is 0 Å². The number of benzene rings is 1. The van der Waals surface area contributed by atoms with Crippen molar-refractivity contribution in [2.45, 2.75) is 83.2 Å². The Balaban J connectivity index is 1.72. The summed E-state index contributed by atoms with van der Waals surface area (Å²) in [5, 5.41) is 16.2. The summed E-state index contributed by atoms with van der Waals surface area (Å²) < 4.78 is 6.44. The van der Waals surface area contributed by atoms with Gasteiger partial charge in [0.25, 0.3) is 0 Å². The zero-order chi connectivity index (χ0) is 24.8. The molecular weight excluding hydrogens is 434 g/mol. The minimum absolute atomic E-state index is 0.212. The third-order valence-electron chi connectivity index (χ3n) is 7.18. The van der Waals surface area contributed by atoms with Gasteiger partial charge in [-0.3, -0.25) is 14.4 Å². The summed E-state index contributed by atoms with van der Waals surface area (Å²) in [5.74, 6) is -2.07. The number of nitrogens with zero attached hydrogens (tertiary/aromatic N) is 1. The molecule has 3 heterocycles. The van der Waals surface area contributed by atoms with Gasteiger partial charge < -0.3 is 25.4 Å². The van der Waals surface area contributed by atoms with E-state index in [4.69, 9.17) is 4.74 Å². The van der Waals surface area contributed by atoms with Crippen LogP contribution >= 0.6 is 0 Å². The van der Waals surface area contributed by atoms with Crippen molar-refractivity contribution in [1.29, 1.82) is 0 Å². The van der Waals surface area contributed by atoms with Gasteiger partial charge >= 0.3 is 0 Å². The maximum atomic E-state index is 14.0. The number of aliphatic hydroxyl groups is 1. The molecule has 0 saturated carbocycles. The first kappa shape index (κ1) is 24.7. The van der Waals surface area contributed by atoms with Crippen molar-refractivity contribution in [2.24, 2.45) is 17.8 Å². The number of ether oxygens (including phenoxy) is 1. The monoisotopic (exact) mass is 471 g/mol. The van der Waals surface area contributed by atoms with Gasteiger partial charge in [0, 0.05) is 11.2 Å². The molecule has 34 heavy (non-hydrogen) atoms.